The predicted molar refractivity (Wildman–Crippen MR) is 128 cm³/mol. The summed E-state index contributed by atoms with van der Waals surface area (Å²) in [5.74, 6) is -0.123. The van der Waals surface area contributed by atoms with Gasteiger partial charge in [0.25, 0.3) is 0 Å². The van der Waals surface area contributed by atoms with E-state index in [4.69, 9.17) is 9.47 Å². The third kappa shape index (κ3) is 5.84. The van der Waals surface area contributed by atoms with Gasteiger partial charge in [-0.05, 0) is 75.4 Å². The molecule has 9 nitrogen and oxygen atoms in total. The van der Waals surface area contributed by atoms with E-state index < -0.39 is 60.5 Å². The lowest BCUT2D eigenvalue weighted by Gasteiger charge is -2.46. The van der Waals surface area contributed by atoms with E-state index in [2.05, 4.69) is 6.58 Å². The molecular weight excluding hydrogens is 456 g/mol. The summed E-state index contributed by atoms with van der Waals surface area (Å²) in [6.45, 7) is 9.14. The van der Waals surface area contributed by atoms with Crippen molar-refractivity contribution in [3.63, 3.8) is 0 Å². The minimum Gasteiger partial charge on any atom is -0.394 e. The standard InChI is InChI=1S/C26H44O9/c1-14-5-7-17-16(9-10-26(17,4)20(30)11-15(12-27)6-8-18(14)29)25(2,3)35-24-23(33)22(32)21(31)19(13-28)34-24/h11,16-24,27-33H,1,5-10,12-13H2,2-4H3. The van der Waals surface area contributed by atoms with E-state index in [0.29, 0.717) is 37.7 Å². The first kappa shape index (κ1) is 28.7. The van der Waals surface area contributed by atoms with Crippen molar-refractivity contribution in [3.8, 4) is 0 Å². The Hall–Kier alpha value is -0.880. The van der Waals surface area contributed by atoms with E-state index in [0.717, 1.165) is 12.0 Å². The van der Waals surface area contributed by atoms with Gasteiger partial charge >= 0.3 is 0 Å². The average Bonchev–Trinajstić information content (AvgIpc) is 3.17. The molecule has 7 N–H and O–H groups in total. The Morgan fingerprint density at radius 1 is 1.03 bits per heavy atom. The molecule has 9 heteroatoms. The Morgan fingerprint density at radius 3 is 2.34 bits per heavy atom. The second-order valence-corrected chi connectivity index (χ2v) is 11.4. The molecule has 1 aliphatic heterocycles. The molecule has 0 aromatic rings. The first-order valence-electron chi connectivity index (χ1n) is 12.7. The van der Waals surface area contributed by atoms with Crippen LogP contribution in [-0.4, -0.2) is 97.5 Å². The van der Waals surface area contributed by atoms with Crippen molar-refractivity contribution >= 4 is 0 Å². The highest BCUT2D eigenvalue weighted by Crippen LogP contribution is 2.56. The number of aliphatic hydroxyl groups is 7. The van der Waals surface area contributed by atoms with Crippen molar-refractivity contribution in [3.05, 3.63) is 23.8 Å². The molecule has 0 amide bonds. The van der Waals surface area contributed by atoms with Crippen LogP contribution in [0.5, 0.6) is 0 Å². The average molecular weight is 501 g/mol. The Bertz CT molecular complexity index is 766. The summed E-state index contributed by atoms with van der Waals surface area (Å²) in [7, 11) is 0. The largest absolute Gasteiger partial charge is 0.394 e. The zero-order valence-electron chi connectivity index (χ0n) is 21.1. The maximum atomic E-state index is 11.3. The minimum atomic E-state index is -1.53. The van der Waals surface area contributed by atoms with E-state index in [1.54, 1.807) is 6.08 Å². The Morgan fingerprint density at radius 2 is 1.71 bits per heavy atom. The van der Waals surface area contributed by atoms with Gasteiger partial charge in [-0.3, -0.25) is 0 Å². The topological polar surface area (TPSA) is 160 Å². The summed E-state index contributed by atoms with van der Waals surface area (Å²) >= 11 is 0. The molecule has 0 spiro atoms. The van der Waals surface area contributed by atoms with Crippen LogP contribution in [-0.2, 0) is 9.47 Å². The normalized spacial score (nSPS) is 43.9. The van der Waals surface area contributed by atoms with Crippen molar-refractivity contribution in [2.45, 2.75) is 108 Å². The number of rotatable bonds is 5. The van der Waals surface area contributed by atoms with Crippen LogP contribution in [0.3, 0.4) is 0 Å². The molecule has 0 aromatic heterocycles. The van der Waals surface area contributed by atoms with Gasteiger partial charge in [-0.25, -0.2) is 0 Å². The van der Waals surface area contributed by atoms with Crippen molar-refractivity contribution in [2.75, 3.05) is 13.2 Å². The van der Waals surface area contributed by atoms with Gasteiger partial charge in [0.05, 0.1) is 31.0 Å². The smallest absolute Gasteiger partial charge is 0.187 e. The number of hydrogen-bond donors (Lipinski definition) is 7. The lowest BCUT2D eigenvalue weighted by atomic mass is 9.67. The summed E-state index contributed by atoms with van der Waals surface area (Å²) < 4.78 is 11.8. The quantitative estimate of drug-likeness (QED) is 0.265. The van der Waals surface area contributed by atoms with E-state index >= 15 is 0 Å². The van der Waals surface area contributed by atoms with Crippen LogP contribution < -0.4 is 0 Å². The summed E-state index contributed by atoms with van der Waals surface area (Å²) in [5, 5.41) is 71.9. The monoisotopic (exact) mass is 500 g/mol. The van der Waals surface area contributed by atoms with Crippen molar-refractivity contribution in [1.82, 2.24) is 0 Å². The van der Waals surface area contributed by atoms with E-state index in [1.165, 1.54) is 0 Å². The molecule has 10 unspecified atom stereocenters. The van der Waals surface area contributed by atoms with Crippen LogP contribution in [0.1, 0.15) is 59.3 Å². The number of aliphatic hydroxyl groups excluding tert-OH is 7. The number of fused-ring (bicyclic) bond motifs is 1. The van der Waals surface area contributed by atoms with Crippen molar-refractivity contribution < 1.29 is 45.2 Å². The highest BCUT2D eigenvalue weighted by atomic mass is 16.7. The maximum Gasteiger partial charge on any atom is 0.187 e. The van der Waals surface area contributed by atoms with Gasteiger partial charge in [0, 0.05) is 5.41 Å². The lowest BCUT2D eigenvalue weighted by molar-refractivity contribution is -0.330. The highest BCUT2D eigenvalue weighted by molar-refractivity contribution is 5.16. The maximum absolute atomic E-state index is 11.3. The molecule has 1 saturated heterocycles. The predicted octanol–water partition coefficient (Wildman–Crippen LogP) is 0.385. The molecule has 10 atom stereocenters. The first-order valence-corrected chi connectivity index (χ1v) is 12.7. The van der Waals surface area contributed by atoms with E-state index in [-0.39, 0.29) is 18.4 Å². The van der Waals surface area contributed by atoms with Crippen LogP contribution in [0.25, 0.3) is 0 Å². The van der Waals surface area contributed by atoms with Crippen LogP contribution in [0.15, 0.2) is 23.8 Å². The first-order chi connectivity index (χ1) is 16.4. The molecule has 0 radical (unpaired) electrons. The van der Waals surface area contributed by atoms with Gasteiger partial charge in [0.1, 0.15) is 24.4 Å². The second-order valence-electron chi connectivity index (χ2n) is 11.4. The molecule has 35 heavy (non-hydrogen) atoms. The van der Waals surface area contributed by atoms with Gasteiger partial charge in [-0.15, -0.1) is 0 Å². The summed E-state index contributed by atoms with van der Waals surface area (Å²) in [6, 6.07) is 0. The fourth-order valence-corrected chi connectivity index (χ4v) is 6.26. The zero-order chi connectivity index (χ0) is 26.1. The SMILES string of the molecule is C=C1CCC2C(C(C)(C)OC3OC(CO)C(O)C(O)C3O)CCC2(C)C(O)C=C(CO)CCC1O. The summed E-state index contributed by atoms with van der Waals surface area (Å²) in [4.78, 5) is 0. The molecule has 3 rings (SSSR count). The molecule has 0 bridgehead atoms. The van der Waals surface area contributed by atoms with Crippen molar-refractivity contribution in [2.24, 2.45) is 17.3 Å². The van der Waals surface area contributed by atoms with Crippen LogP contribution >= 0.6 is 0 Å². The molecule has 3 aliphatic rings. The number of hydrogen-bond acceptors (Lipinski definition) is 9. The Kier molecular flexibility index (Phi) is 9.22. The molecule has 1 saturated carbocycles. The molecule has 2 aliphatic carbocycles. The molecule has 2 fully saturated rings. The third-order valence-corrected chi connectivity index (χ3v) is 8.75. The van der Waals surface area contributed by atoms with Gasteiger partial charge in [-0.2, -0.15) is 0 Å². The van der Waals surface area contributed by atoms with Gasteiger partial charge < -0.3 is 45.2 Å². The fraction of sp³-hybridized carbons (Fsp3) is 0.846. The third-order valence-electron chi connectivity index (χ3n) is 8.75. The van der Waals surface area contributed by atoms with Gasteiger partial charge in [0.15, 0.2) is 6.29 Å². The van der Waals surface area contributed by atoms with Crippen LogP contribution in [0.4, 0.5) is 0 Å². The zero-order valence-corrected chi connectivity index (χ0v) is 21.1. The summed E-state index contributed by atoms with van der Waals surface area (Å²) in [6.07, 6.45) is -2.98. The lowest BCUT2D eigenvalue weighted by Crippen LogP contribution is -2.61. The fourth-order valence-electron chi connectivity index (χ4n) is 6.26. The molecule has 202 valence electrons. The van der Waals surface area contributed by atoms with Gasteiger partial charge in [-0.1, -0.05) is 19.6 Å². The second kappa shape index (κ2) is 11.2. The summed E-state index contributed by atoms with van der Waals surface area (Å²) in [5.41, 5.74) is 0.0293. The van der Waals surface area contributed by atoms with E-state index in [9.17, 15) is 35.7 Å². The minimum absolute atomic E-state index is 0.0457. The molecular formula is C26H44O9. The number of ether oxygens (including phenoxy) is 2. The Balaban J connectivity index is 1.88. The van der Waals surface area contributed by atoms with E-state index in [1.807, 2.05) is 20.8 Å². The van der Waals surface area contributed by atoms with Crippen LogP contribution in [0, 0.1) is 17.3 Å². The molecule has 0 aromatic carbocycles. The van der Waals surface area contributed by atoms with Gasteiger partial charge in [0.2, 0.25) is 0 Å². The van der Waals surface area contributed by atoms with Crippen LogP contribution in [0.2, 0.25) is 0 Å². The molecule has 1 heterocycles. The Labute approximate surface area is 207 Å². The highest BCUT2D eigenvalue weighted by Gasteiger charge is 2.55. The van der Waals surface area contributed by atoms with Crippen molar-refractivity contribution in [1.29, 1.82) is 0 Å².